The van der Waals surface area contributed by atoms with E-state index >= 15 is 0 Å². The lowest BCUT2D eigenvalue weighted by Crippen LogP contribution is -2.46. The Morgan fingerprint density at radius 3 is 2.67 bits per heavy atom. The standard InChI is InChI=1S/C19H30N2O3/c1-19(2,3)24-18(22)20-17(14-23-4)16-10-11-21(13-16)12-15-8-6-5-7-9-15/h5-9,16-17H,10-14H2,1-4H3,(H,20,22)/t16-,17?/m0/s1. The molecule has 1 aliphatic rings. The Bertz CT molecular complexity index is 513. The molecular formula is C19H30N2O3. The first-order chi connectivity index (χ1) is 11.4. The van der Waals surface area contributed by atoms with E-state index in [1.54, 1.807) is 7.11 Å². The molecule has 5 heteroatoms. The molecule has 2 atom stereocenters. The molecule has 134 valence electrons. The van der Waals surface area contributed by atoms with Crippen molar-refractivity contribution in [3.8, 4) is 0 Å². The molecule has 0 bridgehead atoms. The number of nitrogens with one attached hydrogen (secondary N) is 1. The van der Waals surface area contributed by atoms with Crippen LogP contribution in [0.4, 0.5) is 4.79 Å². The number of rotatable bonds is 6. The van der Waals surface area contributed by atoms with Gasteiger partial charge in [0.15, 0.2) is 0 Å². The van der Waals surface area contributed by atoms with Crippen LogP contribution in [0.2, 0.25) is 0 Å². The van der Waals surface area contributed by atoms with E-state index in [1.807, 2.05) is 26.8 Å². The molecule has 1 fully saturated rings. The topological polar surface area (TPSA) is 50.8 Å². The van der Waals surface area contributed by atoms with Crippen LogP contribution in [0.1, 0.15) is 32.8 Å². The zero-order valence-electron chi connectivity index (χ0n) is 15.2. The Morgan fingerprint density at radius 1 is 1.33 bits per heavy atom. The van der Waals surface area contributed by atoms with Crippen molar-refractivity contribution in [2.24, 2.45) is 5.92 Å². The summed E-state index contributed by atoms with van der Waals surface area (Å²) < 4.78 is 10.7. The van der Waals surface area contributed by atoms with Gasteiger partial charge >= 0.3 is 6.09 Å². The van der Waals surface area contributed by atoms with Crippen molar-refractivity contribution in [2.75, 3.05) is 26.8 Å². The summed E-state index contributed by atoms with van der Waals surface area (Å²) >= 11 is 0. The van der Waals surface area contributed by atoms with E-state index in [0.717, 1.165) is 26.1 Å². The number of nitrogens with zero attached hydrogens (tertiary/aromatic N) is 1. The van der Waals surface area contributed by atoms with E-state index in [9.17, 15) is 4.79 Å². The van der Waals surface area contributed by atoms with E-state index in [2.05, 4.69) is 34.5 Å². The molecule has 1 aromatic carbocycles. The predicted molar refractivity (Wildman–Crippen MR) is 94.9 cm³/mol. The van der Waals surface area contributed by atoms with Gasteiger partial charge in [0.25, 0.3) is 0 Å². The third-order valence-electron chi connectivity index (χ3n) is 4.18. The largest absolute Gasteiger partial charge is 0.444 e. The molecule has 1 heterocycles. The van der Waals surface area contributed by atoms with Gasteiger partial charge in [0.2, 0.25) is 0 Å². The van der Waals surface area contributed by atoms with E-state index < -0.39 is 5.60 Å². The molecule has 0 aromatic heterocycles. The molecule has 0 radical (unpaired) electrons. The molecule has 5 nitrogen and oxygen atoms in total. The lowest BCUT2D eigenvalue weighted by atomic mass is 10.00. The van der Waals surface area contributed by atoms with Crippen LogP contribution in [0.25, 0.3) is 0 Å². The number of carbonyl (C=O) groups is 1. The van der Waals surface area contributed by atoms with Gasteiger partial charge < -0.3 is 14.8 Å². The van der Waals surface area contributed by atoms with E-state index in [1.165, 1.54) is 5.56 Å². The first kappa shape index (κ1) is 18.7. The van der Waals surface area contributed by atoms with Gasteiger partial charge in [0.05, 0.1) is 12.6 Å². The summed E-state index contributed by atoms with van der Waals surface area (Å²) in [5, 5.41) is 2.99. The Balaban J connectivity index is 1.88. The van der Waals surface area contributed by atoms with Crippen LogP contribution in [0.3, 0.4) is 0 Å². The maximum atomic E-state index is 12.1. The highest BCUT2D eigenvalue weighted by atomic mass is 16.6. The minimum atomic E-state index is -0.489. The van der Waals surface area contributed by atoms with Crippen molar-refractivity contribution < 1.29 is 14.3 Å². The molecule has 0 aliphatic carbocycles. The number of hydrogen-bond donors (Lipinski definition) is 1. The Morgan fingerprint density at radius 2 is 2.04 bits per heavy atom. The monoisotopic (exact) mass is 334 g/mol. The Labute approximate surface area is 145 Å². The molecule has 1 unspecified atom stereocenters. The fraction of sp³-hybridized carbons (Fsp3) is 0.632. The Hall–Kier alpha value is -1.59. The number of carbonyl (C=O) groups excluding carboxylic acids is 1. The van der Waals surface area contributed by atoms with Crippen LogP contribution in [0.5, 0.6) is 0 Å². The highest BCUT2D eigenvalue weighted by Gasteiger charge is 2.31. The second-order valence-corrected chi connectivity index (χ2v) is 7.48. The fourth-order valence-electron chi connectivity index (χ4n) is 3.11. The van der Waals surface area contributed by atoms with Crippen molar-refractivity contribution in [2.45, 2.75) is 45.4 Å². The third-order valence-corrected chi connectivity index (χ3v) is 4.18. The number of likely N-dealkylation sites (tertiary alicyclic amines) is 1. The zero-order chi connectivity index (χ0) is 17.6. The molecule has 0 saturated carbocycles. The summed E-state index contributed by atoms with van der Waals surface area (Å²) in [6, 6.07) is 10.5. The fourth-order valence-corrected chi connectivity index (χ4v) is 3.11. The van der Waals surface area contributed by atoms with Crippen LogP contribution < -0.4 is 5.32 Å². The summed E-state index contributed by atoms with van der Waals surface area (Å²) in [5.41, 5.74) is 0.832. The van der Waals surface area contributed by atoms with Crippen LogP contribution >= 0.6 is 0 Å². The van der Waals surface area contributed by atoms with Gasteiger partial charge in [-0.15, -0.1) is 0 Å². The normalized spacial score (nSPS) is 19.9. The average Bonchev–Trinajstić information content (AvgIpc) is 2.94. The van der Waals surface area contributed by atoms with Crippen LogP contribution in [-0.2, 0) is 16.0 Å². The van der Waals surface area contributed by atoms with Gasteiger partial charge in [0.1, 0.15) is 5.60 Å². The highest BCUT2D eigenvalue weighted by Crippen LogP contribution is 2.22. The number of ether oxygens (including phenoxy) is 2. The summed E-state index contributed by atoms with van der Waals surface area (Å²) in [5.74, 6) is 0.376. The van der Waals surface area contributed by atoms with Crippen molar-refractivity contribution in [3.05, 3.63) is 35.9 Å². The molecule has 1 aromatic rings. The molecule has 1 amide bonds. The van der Waals surface area contributed by atoms with Gasteiger partial charge in [-0.05, 0) is 45.2 Å². The Kier molecular flexibility index (Phi) is 6.63. The van der Waals surface area contributed by atoms with Crippen LogP contribution in [0, 0.1) is 5.92 Å². The van der Waals surface area contributed by atoms with Crippen LogP contribution in [-0.4, -0.2) is 49.4 Å². The molecule has 2 rings (SSSR count). The van der Waals surface area contributed by atoms with E-state index in [-0.39, 0.29) is 12.1 Å². The first-order valence-corrected chi connectivity index (χ1v) is 8.62. The average molecular weight is 334 g/mol. The number of benzene rings is 1. The van der Waals surface area contributed by atoms with Gasteiger partial charge in [-0.2, -0.15) is 0 Å². The smallest absolute Gasteiger partial charge is 0.407 e. The van der Waals surface area contributed by atoms with Crippen molar-refractivity contribution >= 4 is 6.09 Å². The van der Waals surface area contributed by atoms with Gasteiger partial charge in [-0.1, -0.05) is 30.3 Å². The van der Waals surface area contributed by atoms with Crippen LogP contribution in [0.15, 0.2) is 30.3 Å². The molecule has 1 N–H and O–H groups in total. The summed E-state index contributed by atoms with van der Waals surface area (Å²) in [4.78, 5) is 14.5. The first-order valence-electron chi connectivity index (χ1n) is 8.62. The molecule has 1 saturated heterocycles. The summed E-state index contributed by atoms with van der Waals surface area (Å²) in [6.07, 6.45) is 0.683. The predicted octanol–water partition coefficient (Wildman–Crippen LogP) is 3.05. The van der Waals surface area contributed by atoms with Crippen molar-refractivity contribution in [1.29, 1.82) is 0 Å². The SMILES string of the molecule is COCC(NC(=O)OC(C)(C)C)[C@H]1CCN(Cc2ccccc2)C1. The minimum absolute atomic E-state index is 0.0226. The number of alkyl carbamates (subject to hydrolysis) is 1. The summed E-state index contributed by atoms with van der Waals surface area (Å²) in [6.45, 7) is 9.06. The van der Waals surface area contributed by atoms with Gasteiger partial charge in [-0.25, -0.2) is 4.79 Å². The highest BCUT2D eigenvalue weighted by molar-refractivity contribution is 5.68. The number of methoxy groups -OCH3 is 1. The molecular weight excluding hydrogens is 304 g/mol. The second kappa shape index (κ2) is 8.49. The minimum Gasteiger partial charge on any atom is -0.444 e. The maximum Gasteiger partial charge on any atom is 0.407 e. The number of hydrogen-bond acceptors (Lipinski definition) is 4. The van der Waals surface area contributed by atoms with Crippen molar-refractivity contribution in [3.63, 3.8) is 0 Å². The summed E-state index contributed by atoms with van der Waals surface area (Å²) in [7, 11) is 1.67. The second-order valence-electron chi connectivity index (χ2n) is 7.48. The number of amides is 1. The quantitative estimate of drug-likeness (QED) is 0.869. The molecule has 24 heavy (non-hydrogen) atoms. The third kappa shape index (κ3) is 6.13. The maximum absolute atomic E-state index is 12.1. The van der Waals surface area contributed by atoms with Gasteiger partial charge in [-0.3, -0.25) is 4.90 Å². The van der Waals surface area contributed by atoms with Crippen molar-refractivity contribution in [1.82, 2.24) is 10.2 Å². The molecule has 1 aliphatic heterocycles. The van der Waals surface area contributed by atoms with E-state index in [0.29, 0.717) is 12.5 Å². The zero-order valence-corrected chi connectivity index (χ0v) is 15.2. The van der Waals surface area contributed by atoms with E-state index in [4.69, 9.17) is 9.47 Å². The molecule has 0 spiro atoms. The lowest BCUT2D eigenvalue weighted by Gasteiger charge is -2.27. The lowest BCUT2D eigenvalue weighted by molar-refractivity contribution is 0.0434. The van der Waals surface area contributed by atoms with Gasteiger partial charge in [0, 0.05) is 20.2 Å².